The largest absolute Gasteiger partial charge is 0.484 e. The first-order chi connectivity index (χ1) is 13.7. The van der Waals surface area contributed by atoms with E-state index in [0.29, 0.717) is 24.3 Å². The maximum atomic E-state index is 13.3. The van der Waals surface area contributed by atoms with E-state index < -0.39 is 52.1 Å². The van der Waals surface area contributed by atoms with Crippen molar-refractivity contribution >= 4 is 31.3 Å². The molecule has 0 N–H and O–H groups in total. The van der Waals surface area contributed by atoms with Gasteiger partial charge in [-0.3, -0.25) is 9.59 Å². The summed E-state index contributed by atoms with van der Waals surface area (Å²) in [7, 11) is -11.1. The molecule has 0 radical (unpaired) electrons. The Bertz CT molecular complexity index is 1100. The van der Waals surface area contributed by atoms with E-state index >= 15 is 0 Å². The van der Waals surface area contributed by atoms with Gasteiger partial charge in [-0.25, -0.2) is 8.42 Å². The van der Waals surface area contributed by atoms with Crippen LogP contribution in [0.2, 0.25) is 0 Å². The monoisotopic (exact) mass is 472 g/mol. The van der Waals surface area contributed by atoms with Gasteiger partial charge < -0.3 is 0 Å². The minimum atomic E-state index is -5.64. The van der Waals surface area contributed by atoms with Crippen LogP contribution >= 0.6 is 0 Å². The number of nitrogens with zero attached hydrogens (tertiary/aromatic N) is 2. The molecule has 30 heavy (non-hydrogen) atoms. The molecule has 0 spiro atoms. The molecular weight excluding hydrogens is 462 g/mol. The average Bonchev–Trinajstić information content (AvgIpc) is 2.67. The van der Waals surface area contributed by atoms with Crippen LogP contribution in [0, 0.1) is 0 Å². The normalized spacial score (nSPS) is 16.1. The van der Waals surface area contributed by atoms with E-state index in [-0.39, 0.29) is 0 Å². The van der Waals surface area contributed by atoms with Crippen molar-refractivity contribution in [1.29, 1.82) is 0 Å². The fourth-order valence-electron chi connectivity index (χ4n) is 2.00. The maximum absolute atomic E-state index is 13.3. The van der Waals surface area contributed by atoms with Crippen LogP contribution < -0.4 is 0 Å². The van der Waals surface area contributed by atoms with Crippen molar-refractivity contribution in [1.82, 2.24) is 0 Å². The second-order valence-corrected chi connectivity index (χ2v) is 9.70. The minimum Gasteiger partial charge on any atom is -0.260 e. The highest BCUT2D eigenvalue weighted by Crippen LogP contribution is 2.34. The van der Waals surface area contributed by atoms with E-state index in [2.05, 4.69) is 8.73 Å². The summed E-state index contributed by atoms with van der Waals surface area (Å²) in [4.78, 5) is 21.7. The highest BCUT2D eigenvalue weighted by atomic mass is 32.2. The fraction of sp³-hybridized carbons (Fsp3) is 0.125. The summed E-state index contributed by atoms with van der Waals surface area (Å²) in [5, 5.41) is 0. The molecule has 0 fully saturated rings. The van der Waals surface area contributed by atoms with E-state index in [1.807, 2.05) is 0 Å². The summed E-state index contributed by atoms with van der Waals surface area (Å²) in [5.74, 6) is -4.98. The van der Waals surface area contributed by atoms with E-state index in [4.69, 9.17) is 0 Å². The molecule has 2 aromatic rings. The lowest BCUT2D eigenvalue weighted by Crippen LogP contribution is -2.28. The van der Waals surface area contributed by atoms with Gasteiger partial charge in [0.1, 0.15) is 0 Å². The molecule has 0 aliphatic rings. The molecule has 0 saturated carbocycles. The summed E-state index contributed by atoms with van der Waals surface area (Å²) >= 11 is 0. The highest BCUT2D eigenvalue weighted by molar-refractivity contribution is 7.95. The number of halogens is 6. The van der Waals surface area contributed by atoms with Gasteiger partial charge in [-0.2, -0.15) is 26.3 Å². The van der Waals surface area contributed by atoms with Gasteiger partial charge in [0.05, 0.1) is 9.79 Å². The Morgan fingerprint density at radius 3 is 1.10 bits per heavy atom. The summed E-state index contributed by atoms with van der Waals surface area (Å²) in [6.07, 6.45) is 0. The van der Waals surface area contributed by atoms with Gasteiger partial charge in [-0.1, -0.05) is 36.4 Å². The molecule has 0 heterocycles. The molecular formula is C16H10F6N2O4S2. The van der Waals surface area contributed by atoms with Crippen molar-refractivity contribution in [3.05, 3.63) is 60.7 Å². The van der Waals surface area contributed by atoms with Crippen molar-refractivity contribution < 1.29 is 44.3 Å². The number of amides is 2. The number of benzene rings is 2. The molecule has 0 aliphatic carbocycles. The fourth-order valence-corrected chi connectivity index (χ4v) is 4.63. The van der Waals surface area contributed by atoms with Gasteiger partial charge in [0.2, 0.25) is 0 Å². The first-order valence-corrected chi connectivity index (χ1v) is 10.6. The molecule has 0 saturated heterocycles. The lowest BCUT2D eigenvalue weighted by Gasteiger charge is -2.14. The minimum absolute atomic E-state index is 0.705. The third kappa shape index (κ3) is 4.53. The summed E-state index contributed by atoms with van der Waals surface area (Å²) in [6, 6.07) is 9.51. The summed E-state index contributed by atoms with van der Waals surface area (Å²) in [5.41, 5.74) is -11.3. The molecule has 2 atom stereocenters. The van der Waals surface area contributed by atoms with Crippen LogP contribution in [0.15, 0.2) is 79.2 Å². The zero-order valence-corrected chi connectivity index (χ0v) is 16.0. The molecule has 2 aromatic carbocycles. The lowest BCUT2D eigenvalue weighted by atomic mass is 10.4. The lowest BCUT2D eigenvalue weighted by molar-refractivity contribution is -0.135. The topological polar surface area (TPSA) is 93.0 Å². The molecule has 0 aromatic heterocycles. The third-order valence-corrected chi connectivity index (χ3v) is 7.28. The number of hydrogen-bond acceptors (Lipinski definition) is 4. The quantitative estimate of drug-likeness (QED) is 0.485. The third-order valence-electron chi connectivity index (χ3n) is 3.36. The van der Waals surface area contributed by atoms with Gasteiger partial charge in [0.15, 0.2) is 19.5 Å². The van der Waals surface area contributed by atoms with Crippen molar-refractivity contribution in [3.63, 3.8) is 0 Å². The number of carbonyl (C=O) groups is 2. The van der Waals surface area contributed by atoms with E-state index in [1.165, 1.54) is 12.1 Å². The van der Waals surface area contributed by atoms with Crippen molar-refractivity contribution in [2.75, 3.05) is 0 Å². The zero-order valence-electron chi connectivity index (χ0n) is 14.4. The van der Waals surface area contributed by atoms with Gasteiger partial charge in [-0.05, 0) is 24.3 Å². The second-order valence-electron chi connectivity index (χ2n) is 5.36. The Labute approximate surface area is 166 Å². The second kappa shape index (κ2) is 8.18. The van der Waals surface area contributed by atoms with Crippen LogP contribution in [0.4, 0.5) is 26.3 Å². The first-order valence-electron chi connectivity index (χ1n) is 7.58. The molecule has 2 amide bonds. The number of rotatable bonds is 2. The summed E-state index contributed by atoms with van der Waals surface area (Å²) < 4.78 is 109. The van der Waals surface area contributed by atoms with Crippen LogP contribution in [0.25, 0.3) is 0 Å². The Morgan fingerprint density at radius 1 is 0.600 bits per heavy atom. The Kier molecular flexibility index (Phi) is 6.42. The molecule has 162 valence electrons. The van der Waals surface area contributed by atoms with E-state index in [1.54, 1.807) is 0 Å². The number of alkyl halides is 6. The van der Waals surface area contributed by atoms with Crippen molar-refractivity contribution in [3.8, 4) is 0 Å². The van der Waals surface area contributed by atoms with E-state index in [9.17, 15) is 44.3 Å². The molecule has 6 nitrogen and oxygen atoms in total. The SMILES string of the molecule is O=C(N=S(=O)(c1ccccc1)C(F)(F)F)C(=O)N=S(=O)(c1ccccc1)C(F)(F)F. The van der Waals surface area contributed by atoms with Gasteiger partial charge in [0.25, 0.3) is 0 Å². The van der Waals surface area contributed by atoms with Gasteiger partial charge in [0, 0.05) is 0 Å². The van der Waals surface area contributed by atoms with Gasteiger partial charge in [-0.15, -0.1) is 8.73 Å². The van der Waals surface area contributed by atoms with Gasteiger partial charge >= 0.3 is 22.8 Å². The number of carbonyl (C=O) groups excluding carboxylic acids is 2. The van der Waals surface area contributed by atoms with E-state index in [0.717, 1.165) is 24.3 Å². The Hall–Kier alpha value is -2.74. The zero-order chi connectivity index (χ0) is 22.8. The molecule has 2 unspecified atom stereocenters. The van der Waals surface area contributed by atoms with Crippen LogP contribution in [0.1, 0.15) is 0 Å². The summed E-state index contributed by atoms with van der Waals surface area (Å²) in [6.45, 7) is 0. The van der Waals surface area contributed by atoms with Crippen LogP contribution in [0.3, 0.4) is 0 Å². The average molecular weight is 472 g/mol. The highest BCUT2D eigenvalue weighted by Gasteiger charge is 2.48. The van der Waals surface area contributed by atoms with Crippen LogP contribution in [0.5, 0.6) is 0 Å². The van der Waals surface area contributed by atoms with Crippen LogP contribution in [-0.4, -0.2) is 31.2 Å². The molecule has 0 bridgehead atoms. The van der Waals surface area contributed by atoms with Crippen LogP contribution in [-0.2, 0) is 29.0 Å². The van der Waals surface area contributed by atoms with Crippen molar-refractivity contribution in [2.24, 2.45) is 8.73 Å². The smallest absolute Gasteiger partial charge is 0.260 e. The van der Waals surface area contributed by atoms with Crippen molar-refractivity contribution in [2.45, 2.75) is 20.8 Å². The first kappa shape index (κ1) is 23.5. The predicted octanol–water partition coefficient (Wildman–Crippen LogP) is 4.13. The molecule has 0 aliphatic heterocycles. The molecule has 14 heteroatoms. The predicted molar refractivity (Wildman–Crippen MR) is 92.7 cm³/mol. The molecule has 2 rings (SSSR count). The maximum Gasteiger partial charge on any atom is 0.484 e. The number of hydrogen-bond donors (Lipinski definition) is 0. The standard InChI is InChI=1S/C16H10F6N2O4S2/c17-15(18,19)29(27,11-7-3-1-4-8-11)23-13(25)14(26)24-30(28,16(20,21)22)12-9-5-2-6-10-12/h1-10H. The Morgan fingerprint density at radius 2 is 0.867 bits per heavy atom. The Balaban J connectivity index is 2.66.